The average molecular weight is 365 g/mol. The summed E-state index contributed by atoms with van der Waals surface area (Å²) in [5.74, 6) is 0.428. The third kappa shape index (κ3) is 4.36. The van der Waals surface area contributed by atoms with Crippen LogP contribution in [0.4, 0.5) is 0 Å². The smallest absolute Gasteiger partial charge is 0.284 e. The third-order valence-corrected chi connectivity index (χ3v) is 5.22. The van der Waals surface area contributed by atoms with Crippen molar-refractivity contribution in [1.29, 1.82) is 0 Å². The van der Waals surface area contributed by atoms with Crippen LogP contribution in [-0.2, 0) is 10.0 Å². The van der Waals surface area contributed by atoms with E-state index in [0.29, 0.717) is 23.9 Å². The number of nitrogens with zero attached hydrogens (tertiary/aromatic N) is 2. The zero-order valence-corrected chi connectivity index (χ0v) is 15.6. The van der Waals surface area contributed by atoms with Crippen LogP contribution in [0.3, 0.4) is 0 Å². The molecule has 0 aromatic heterocycles. The molecule has 0 unspecified atom stereocenters. The lowest BCUT2D eigenvalue weighted by Crippen LogP contribution is -2.32. The minimum Gasteiger partial charge on any atom is -0.356 e. The molecule has 0 amide bonds. The number of amidine groups is 1. The molecule has 0 aliphatic rings. The molecule has 4 nitrogen and oxygen atoms in total. The van der Waals surface area contributed by atoms with Crippen molar-refractivity contribution in [3.8, 4) is 0 Å². The van der Waals surface area contributed by atoms with Crippen LogP contribution < -0.4 is 0 Å². The molecule has 0 saturated carbocycles. The van der Waals surface area contributed by atoms with E-state index in [1.54, 1.807) is 48.5 Å². The fourth-order valence-electron chi connectivity index (χ4n) is 2.29. The van der Waals surface area contributed by atoms with Gasteiger partial charge in [-0.05, 0) is 57.2 Å². The number of hydrogen-bond donors (Lipinski definition) is 0. The van der Waals surface area contributed by atoms with E-state index in [1.807, 2.05) is 25.7 Å². The van der Waals surface area contributed by atoms with E-state index in [9.17, 15) is 8.42 Å². The standard InChI is InChI=1S/C18H21ClN2O2S/c1-4-21(5-2)18(15-8-10-16(19)11-9-15)20-24(22,23)17-12-6-14(3)7-13-17/h6-13H,4-5H2,1-3H3/b20-18+. The zero-order valence-electron chi connectivity index (χ0n) is 14.0. The molecule has 128 valence electrons. The fourth-order valence-corrected chi connectivity index (χ4v) is 3.45. The maximum Gasteiger partial charge on any atom is 0.284 e. The number of benzene rings is 2. The highest BCUT2D eigenvalue weighted by Gasteiger charge is 2.18. The first-order chi connectivity index (χ1) is 11.4. The van der Waals surface area contributed by atoms with Gasteiger partial charge in [-0.1, -0.05) is 29.3 Å². The van der Waals surface area contributed by atoms with E-state index in [2.05, 4.69) is 4.40 Å². The van der Waals surface area contributed by atoms with Gasteiger partial charge in [0.1, 0.15) is 5.84 Å². The summed E-state index contributed by atoms with van der Waals surface area (Å²) in [7, 11) is -3.79. The van der Waals surface area contributed by atoms with Crippen molar-refractivity contribution in [1.82, 2.24) is 4.90 Å². The molecule has 0 heterocycles. The molecule has 0 atom stereocenters. The van der Waals surface area contributed by atoms with Crippen LogP contribution in [0, 0.1) is 6.92 Å². The molecule has 0 aliphatic heterocycles. The second-order valence-corrected chi connectivity index (χ2v) is 7.42. The Hall–Kier alpha value is -1.85. The molecule has 0 aliphatic carbocycles. The summed E-state index contributed by atoms with van der Waals surface area (Å²) in [6.45, 7) is 7.15. The molecule has 24 heavy (non-hydrogen) atoms. The highest BCUT2D eigenvalue weighted by atomic mass is 35.5. The SMILES string of the molecule is CCN(CC)/C(=N/S(=O)(=O)c1ccc(C)cc1)c1ccc(Cl)cc1. The number of sulfonamides is 1. The highest BCUT2D eigenvalue weighted by molar-refractivity contribution is 7.90. The highest BCUT2D eigenvalue weighted by Crippen LogP contribution is 2.18. The van der Waals surface area contributed by atoms with Crippen LogP contribution in [0.1, 0.15) is 25.0 Å². The molecule has 0 bridgehead atoms. The van der Waals surface area contributed by atoms with Gasteiger partial charge >= 0.3 is 0 Å². The van der Waals surface area contributed by atoms with E-state index in [-0.39, 0.29) is 4.90 Å². The van der Waals surface area contributed by atoms with Crippen LogP contribution >= 0.6 is 11.6 Å². The number of aryl methyl sites for hydroxylation is 1. The Morgan fingerprint density at radius 3 is 2.04 bits per heavy atom. The molecule has 2 aromatic carbocycles. The second kappa shape index (κ2) is 7.81. The Bertz CT molecular complexity index is 809. The van der Waals surface area contributed by atoms with Gasteiger partial charge in [0.25, 0.3) is 10.0 Å². The molecule has 0 saturated heterocycles. The summed E-state index contributed by atoms with van der Waals surface area (Å²) in [5, 5.41) is 0.596. The van der Waals surface area contributed by atoms with Crippen molar-refractivity contribution in [2.24, 2.45) is 4.40 Å². The largest absolute Gasteiger partial charge is 0.356 e. The zero-order chi connectivity index (χ0) is 17.7. The van der Waals surface area contributed by atoms with Crippen LogP contribution in [0.5, 0.6) is 0 Å². The maximum absolute atomic E-state index is 12.7. The molecule has 0 radical (unpaired) electrons. The van der Waals surface area contributed by atoms with Gasteiger partial charge in [-0.3, -0.25) is 0 Å². The number of halogens is 1. The topological polar surface area (TPSA) is 49.7 Å². The van der Waals surface area contributed by atoms with E-state index >= 15 is 0 Å². The maximum atomic E-state index is 12.7. The summed E-state index contributed by atoms with van der Waals surface area (Å²) >= 11 is 5.94. The summed E-state index contributed by atoms with van der Waals surface area (Å²) in [4.78, 5) is 2.10. The van der Waals surface area contributed by atoms with E-state index < -0.39 is 10.0 Å². The number of hydrogen-bond acceptors (Lipinski definition) is 2. The summed E-state index contributed by atoms with van der Waals surface area (Å²) in [6.07, 6.45) is 0. The monoisotopic (exact) mass is 364 g/mol. The quantitative estimate of drug-likeness (QED) is 0.592. The van der Waals surface area contributed by atoms with Crippen LogP contribution in [0.2, 0.25) is 5.02 Å². The minimum atomic E-state index is -3.79. The molecule has 2 aromatic rings. The normalized spacial score (nSPS) is 12.2. The van der Waals surface area contributed by atoms with Crippen LogP contribution in [-0.4, -0.2) is 32.2 Å². The molecule has 0 spiro atoms. The second-order valence-electron chi connectivity index (χ2n) is 5.38. The third-order valence-electron chi connectivity index (χ3n) is 3.69. The molecular formula is C18H21ClN2O2S. The number of rotatable bonds is 5. The van der Waals surface area contributed by atoms with Gasteiger partial charge in [-0.2, -0.15) is 8.42 Å². The Balaban J connectivity index is 2.54. The van der Waals surface area contributed by atoms with Crippen LogP contribution in [0.15, 0.2) is 57.8 Å². The molecule has 6 heteroatoms. The first-order valence-corrected chi connectivity index (χ1v) is 9.61. The van der Waals surface area contributed by atoms with Crippen molar-refractivity contribution < 1.29 is 8.42 Å². The lowest BCUT2D eigenvalue weighted by molar-refractivity contribution is 0.467. The Morgan fingerprint density at radius 2 is 1.54 bits per heavy atom. The Morgan fingerprint density at radius 1 is 1.00 bits per heavy atom. The Labute approximate surface area is 148 Å². The van der Waals surface area contributed by atoms with Gasteiger partial charge in [0.2, 0.25) is 0 Å². The lowest BCUT2D eigenvalue weighted by Gasteiger charge is -2.23. The van der Waals surface area contributed by atoms with E-state index in [0.717, 1.165) is 11.1 Å². The van der Waals surface area contributed by atoms with Gasteiger partial charge < -0.3 is 4.90 Å². The predicted molar refractivity (Wildman–Crippen MR) is 99.3 cm³/mol. The Kier molecular flexibility index (Phi) is 6.02. The van der Waals surface area contributed by atoms with Crippen molar-refractivity contribution in [2.75, 3.05) is 13.1 Å². The first kappa shape index (κ1) is 18.5. The fraction of sp³-hybridized carbons (Fsp3) is 0.278. The average Bonchev–Trinajstić information content (AvgIpc) is 2.56. The summed E-state index contributed by atoms with van der Waals surface area (Å²) < 4.78 is 29.5. The van der Waals surface area contributed by atoms with Gasteiger partial charge in [0.15, 0.2) is 0 Å². The van der Waals surface area contributed by atoms with Crippen molar-refractivity contribution in [2.45, 2.75) is 25.7 Å². The van der Waals surface area contributed by atoms with Crippen molar-refractivity contribution in [3.05, 3.63) is 64.7 Å². The summed E-state index contributed by atoms with van der Waals surface area (Å²) in [6, 6.07) is 13.7. The molecule has 0 fully saturated rings. The van der Waals surface area contributed by atoms with Crippen molar-refractivity contribution in [3.63, 3.8) is 0 Å². The minimum absolute atomic E-state index is 0.187. The van der Waals surface area contributed by atoms with E-state index in [4.69, 9.17) is 11.6 Å². The molecular weight excluding hydrogens is 344 g/mol. The van der Waals surface area contributed by atoms with Gasteiger partial charge in [0.05, 0.1) is 4.90 Å². The molecule has 2 rings (SSSR count). The van der Waals surface area contributed by atoms with Gasteiger partial charge in [-0.25, -0.2) is 0 Å². The predicted octanol–water partition coefficient (Wildman–Crippen LogP) is 4.13. The van der Waals surface area contributed by atoms with Crippen molar-refractivity contribution >= 4 is 27.5 Å². The van der Waals surface area contributed by atoms with Gasteiger partial charge in [-0.15, -0.1) is 4.40 Å². The van der Waals surface area contributed by atoms with Crippen LogP contribution in [0.25, 0.3) is 0 Å². The first-order valence-electron chi connectivity index (χ1n) is 7.80. The molecule has 0 N–H and O–H groups in total. The summed E-state index contributed by atoms with van der Waals surface area (Å²) in [5.41, 5.74) is 1.72. The van der Waals surface area contributed by atoms with E-state index in [1.165, 1.54) is 0 Å². The van der Waals surface area contributed by atoms with Gasteiger partial charge in [0, 0.05) is 23.7 Å². The lowest BCUT2D eigenvalue weighted by atomic mass is 10.2.